The van der Waals surface area contributed by atoms with Crippen molar-refractivity contribution in [1.82, 2.24) is 0 Å². The summed E-state index contributed by atoms with van der Waals surface area (Å²) < 4.78 is 52.0. The monoisotopic (exact) mass is 295 g/mol. The number of nitrogens with one attached hydrogen (secondary N) is 1. The van der Waals surface area contributed by atoms with Crippen molar-refractivity contribution in [2.24, 2.45) is 0 Å². The molecular weight excluding hydrogens is 286 g/mol. The van der Waals surface area contributed by atoms with Crippen LogP contribution in [0.5, 0.6) is 0 Å². The molecule has 0 atom stereocenters. The summed E-state index contributed by atoms with van der Waals surface area (Å²) in [6.07, 6.45) is 2.33. The molecule has 0 aliphatic heterocycles. The second kappa shape index (κ2) is 6.21. The van der Waals surface area contributed by atoms with Gasteiger partial charge in [0.2, 0.25) is 5.91 Å². The van der Waals surface area contributed by atoms with E-state index >= 15 is 0 Å². The van der Waals surface area contributed by atoms with Crippen molar-refractivity contribution in [3.8, 4) is 0 Å². The maximum Gasteiger partial charge on any atom is 0.248 e. The molecule has 2 nitrogen and oxygen atoms in total. The first kappa shape index (κ1) is 14.8. The SMILES string of the molecule is O=C(/C=C/c1cccc(F)c1)Nc1ccc(F)c(F)c1F. The van der Waals surface area contributed by atoms with Crippen LogP contribution in [0.3, 0.4) is 0 Å². The minimum atomic E-state index is -1.66. The Morgan fingerprint density at radius 3 is 2.48 bits per heavy atom. The van der Waals surface area contributed by atoms with Crippen LogP contribution in [0.1, 0.15) is 5.56 Å². The molecule has 1 N–H and O–H groups in total. The summed E-state index contributed by atoms with van der Waals surface area (Å²) in [6, 6.07) is 7.06. The van der Waals surface area contributed by atoms with Crippen LogP contribution in [0.2, 0.25) is 0 Å². The molecule has 0 saturated heterocycles. The Kier molecular flexibility index (Phi) is 4.37. The van der Waals surface area contributed by atoms with Gasteiger partial charge < -0.3 is 5.32 Å². The molecule has 0 spiro atoms. The molecule has 2 aromatic carbocycles. The van der Waals surface area contributed by atoms with Crippen LogP contribution in [-0.4, -0.2) is 5.91 Å². The Labute approximate surface area is 117 Å². The van der Waals surface area contributed by atoms with Crippen molar-refractivity contribution in [3.05, 3.63) is 71.3 Å². The molecule has 6 heteroatoms. The Hall–Kier alpha value is -2.63. The third kappa shape index (κ3) is 3.68. The minimum Gasteiger partial charge on any atom is -0.320 e. The quantitative estimate of drug-likeness (QED) is 0.519. The van der Waals surface area contributed by atoms with Gasteiger partial charge in [-0.15, -0.1) is 0 Å². The second-order valence-electron chi connectivity index (χ2n) is 4.10. The summed E-state index contributed by atoms with van der Waals surface area (Å²) in [5.74, 6) is -5.72. The molecule has 2 aromatic rings. The van der Waals surface area contributed by atoms with E-state index in [-0.39, 0.29) is 0 Å². The van der Waals surface area contributed by atoms with Crippen LogP contribution >= 0.6 is 0 Å². The van der Waals surface area contributed by atoms with Crippen LogP contribution < -0.4 is 5.32 Å². The van der Waals surface area contributed by atoms with E-state index in [0.717, 1.165) is 12.1 Å². The second-order valence-corrected chi connectivity index (χ2v) is 4.10. The highest BCUT2D eigenvalue weighted by atomic mass is 19.2. The van der Waals surface area contributed by atoms with Gasteiger partial charge in [-0.2, -0.15) is 0 Å². The topological polar surface area (TPSA) is 29.1 Å². The molecule has 0 radical (unpaired) electrons. The van der Waals surface area contributed by atoms with Crippen molar-refractivity contribution in [1.29, 1.82) is 0 Å². The van der Waals surface area contributed by atoms with E-state index in [0.29, 0.717) is 11.6 Å². The lowest BCUT2D eigenvalue weighted by atomic mass is 10.2. The van der Waals surface area contributed by atoms with Gasteiger partial charge in [-0.3, -0.25) is 4.79 Å². The minimum absolute atomic E-state index is 0.427. The van der Waals surface area contributed by atoms with Crippen LogP contribution in [0.15, 0.2) is 42.5 Å². The molecule has 0 fully saturated rings. The molecular formula is C15H9F4NO. The van der Waals surface area contributed by atoms with Crippen LogP contribution in [0.25, 0.3) is 6.08 Å². The van der Waals surface area contributed by atoms with Crippen molar-refractivity contribution in [2.45, 2.75) is 0 Å². The predicted molar refractivity (Wildman–Crippen MR) is 70.4 cm³/mol. The van der Waals surface area contributed by atoms with Gasteiger partial charge in [0.15, 0.2) is 17.5 Å². The van der Waals surface area contributed by atoms with E-state index in [1.807, 2.05) is 0 Å². The third-order valence-corrected chi connectivity index (χ3v) is 2.57. The average molecular weight is 295 g/mol. The molecule has 1 amide bonds. The molecule has 21 heavy (non-hydrogen) atoms. The predicted octanol–water partition coefficient (Wildman–Crippen LogP) is 3.89. The number of hydrogen-bond donors (Lipinski definition) is 1. The molecule has 2 rings (SSSR count). The van der Waals surface area contributed by atoms with Gasteiger partial charge >= 0.3 is 0 Å². The van der Waals surface area contributed by atoms with Gasteiger partial charge in [-0.25, -0.2) is 17.6 Å². The van der Waals surface area contributed by atoms with Gasteiger partial charge in [0.1, 0.15) is 5.82 Å². The van der Waals surface area contributed by atoms with Crippen LogP contribution in [0, 0.1) is 23.3 Å². The summed E-state index contributed by atoms with van der Waals surface area (Å²) in [5.41, 5.74) is -0.0568. The summed E-state index contributed by atoms with van der Waals surface area (Å²) in [6.45, 7) is 0. The Morgan fingerprint density at radius 1 is 1.00 bits per heavy atom. The maximum atomic E-state index is 13.3. The number of amides is 1. The number of carbonyl (C=O) groups excluding carboxylic acids is 1. The standard InChI is InChI=1S/C15H9F4NO/c16-10-3-1-2-9(8-10)4-7-13(21)20-12-6-5-11(17)14(18)15(12)19/h1-8H,(H,20,21)/b7-4+. The maximum absolute atomic E-state index is 13.3. The zero-order valence-corrected chi connectivity index (χ0v) is 10.5. The van der Waals surface area contributed by atoms with E-state index < -0.39 is 34.9 Å². The van der Waals surface area contributed by atoms with Gasteiger partial charge in [-0.1, -0.05) is 12.1 Å². The number of rotatable bonds is 3. The zero-order chi connectivity index (χ0) is 15.4. The fraction of sp³-hybridized carbons (Fsp3) is 0. The molecule has 0 aliphatic rings. The molecule has 108 valence electrons. The highest BCUT2D eigenvalue weighted by Crippen LogP contribution is 2.19. The third-order valence-electron chi connectivity index (χ3n) is 2.57. The first-order valence-corrected chi connectivity index (χ1v) is 5.85. The van der Waals surface area contributed by atoms with Crippen molar-refractivity contribution >= 4 is 17.7 Å². The lowest BCUT2D eigenvalue weighted by Crippen LogP contribution is -2.10. The van der Waals surface area contributed by atoms with E-state index in [2.05, 4.69) is 5.32 Å². The largest absolute Gasteiger partial charge is 0.320 e. The van der Waals surface area contributed by atoms with E-state index in [1.165, 1.54) is 24.3 Å². The molecule has 0 unspecified atom stereocenters. The summed E-state index contributed by atoms with van der Waals surface area (Å²) >= 11 is 0. The molecule has 0 saturated carbocycles. The van der Waals surface area contributed by atoms with Crippen LogP contribution in [-0.2, 0) is 4.79 Å². The Bertz CT molecular complexity index is 713. The van der Waals surface area contributed by atoms with Crippen molar-refractivity contribution < 1.29 is 22.4 Å². The number of carbonyl (C=O) groups is 1. The average Bonchev–Trinajstić information content (AvgIpc) is 2.46. The van der Waals surface area contributed by atoms with Crippen LogP contribution in [0.4, 0.5) is 23.2 Å². The highest BCUT2D eigenvalue weighted by molar-refractivity contribution is 6.01. The molecule has 0 aliphatic carbocycles. The van der Waals surface area contributed by atoms with Crippen molar-refractivity contribution in [3.63, 3.8) is 0 Å². The Morgan fingerprint density at radius 2 is 1.76 bits per heavy atom. The van der Waals surface area contributed by atoms with E-state index in [1.54, 1.807) is 6.07 Å². The highest BCUT2D eigenvalue weighted by Gasteiger charge is 2.14. The smallest absolute Gasteiger partial charge is 0.248 e. The number of anilines is 1. The van der Waals surface area contributed by atoms with Gasteiger partial charge in [0.05, 0.1) is 5.69 Å². The Balaban J connectivity index is 2.10. The first-order valence-electron chi connectivity index (χ1n) is 5.85. The lowest BCUT2D eigenvalue weighted by Gasteiger charge is -2.04. The summed E-state index contributed by atoms with van der Waals surface area (Å²) in [5, 5.41) is 2.06. The zero-order valence-electron chi connectivity index (χ0n) is 10.5. The van der Waals surface area contributed by atoms with E-state index in [9.17, 15) is 22.4 Å². The number of halogens is 4. The van der Waals surface area contributed by atoms with Gasteiger partial charge in [0, 0.05) is 6.08 Å². The van der Waals surface area contributed by atoms with Crippen molar-refractivity contribution in [2.75, 3.05) is 5.32 Å². The number of hydrogen-bond acceptors (Lipinski definition) is 1. The fourth-order valence-electron chi connectivity index (χ4n) is 1.58. The normalized spacial score (nSPS) is 10.9. The van der Waals surface area contributed by atoms with Gasteiger partial charge in [-0.05, 0) is 35.9 Å². The molecule has 0 heterocycles. The lowest BCUT2D eigenvalue weighted by molar-refractivity contribution is -0.111. The molecule has 0 aromatic heterocycles. The summed E-state index contributed by atoms with van der Waals surface area (Å²) in [4.78, 5) is 11.5. The fourth-order valence-corrected chi connectivity index (χ4v) is 1.58. The van der Waals surface area contributed by atoms with E-state index in [4.69, 9.17) is 0 Å². The summed E-state index contributed by atoms with van der Waals surface area (Å²) in [7, 11) is 0. The first-order chi connectivity index (χ1) is 9.97. The van der Waals surface area contributed by atoms with Gasteiger partial charge in [0.25, 0.3) is 0 Å². The molecule has 0 bridgehead atoms. The number of benzene rings is 2.